The summed E-state index contributed by atoms with van der Waals surface area (Å²) in [6.45, 7) is 8.71. The number of ether oxygens (including phenoxy) is 3. The number of methoxy groups -OCH3 is 1. The van der Waals surface area contributed by atoms with E-state index in [0.717, 1.165) is 25.9 Å². The lowest BCUT2D eigenvalue weighted by Gasteiger charge is -2.30. The minimum atomic E-state index is -0.602. The zero-order chi connectivity index (χ0) is 17.5. The van der Waals surface area contributed by atoms with Crippen LogP contribution < -0.4 is 0 Å². The molecule has 0 N–H and O–H groups in total. The number of amides is 1. The maximum absolute atomic E-state index is 12.4. The van der Waals surface area contributed by atoms with E-state index in [2.05, 4.69) is 6.92 Å². The third kappa shape index (κ3) is 6.77. The quantitative estimate of drug-likeness (QED) is 0.573. The molecule has 1 unspecified atom stereocenters. The number of nitrogens with zero attached hydrogens (tertiary/aromatic N) is 1. The first-order valence-corrected chi connectivity index (χ1v) is 8.47. The third-order valence-corrected chi connectivity index (χ3v) is 3.78. The molecule has 0 aliphatic carbocycles. The van der Waals surface area contributed by atoms with Crippen LogP contribution in [0.4, 0.5) is 4.79 Å². The Morgan fingerprint density at radius 1 is 1.17 bits per heavy atom. The molecule has 0 spiro atoms. The van der Waals surface area contributed by atoms with E-state index in [4.69, 9.17) is 14.2 Å². The van der Waals surface area contributed by atoms with Crippen molar-refractivity contribution in [3.8, 4) is 0 Å². The molecule has 1 heterocycles. The van der Waals surface area contributed by atoms with Crippen molar-refractivity contribution in [2.75, 3.05) is 20.3 Å². The van der Waals surface area contributed by atoms with E-state index in [1.807, 2.05) is 20.8 Å². The van der Waals surface area contributed by atoms with Crippen LogP contribution in [0.2, 0.25) is 0 Å². The Hall–Kier alpha value is -1.30. The fraction of sp³-hybridized carbons (Fsp3) is 0.882. The van der Waals surface area contributed by atoms with Gasteiger partial charge in [0.1, 0.15) is 11.6 Å². The molecule has 1 aliphatic rings. The van der Waals surface area contributed by atoms with E-state index in [-0.39, 0.29) is 6.10 Å². The minimum absolute atomic E-state index is 0.0705. The Morgan fingerprint density at radius 2 is 1.87 bits per heavy atom. The highest BCUT2D eigenvalue weighted by atomic mass is 16.6. The largest absolute Gasteiger partial charge is 0.467 e. The van der Waals surface area contributed by atoms with E-state index >= 15 is 0 Å². The molecule has 1 rings (SSSR count). The standard InChI is InChI=1S/C17H31NO5/c1-6-7-12-22-13-8-9-14(15(19)21-5)18(11-10-13)16(20)23-17(2,3)4/h13-14H,6-12H2,1-5H3/t13?,14-/m0/s1. The lowest BCUT2D eigenvalue weighted by Crippen LogP contribution is -2.47. The first-order chi connectivity index (χ1) is 10.8. The van der Waals surface area contributed by atoms with Gasteiger partial charge in [-0.3, -0.25) is 4.90 Å². The van der Waals surface area contributed by atoms with E-state index in [0.29, 0.717) is 19.4 Å². The molecule has 23 heavy (non-hydrogen) atoms. The van der Waals surface area contributed by atoms with Crippen LogP contribution in [0.3, 0.4) is 0 Å². The number of carbonyl (C=O) groups excluding carboxylic acids is 2. The van der Waals surface area contributed by atoms with Crippen LogP contribution in [-0.2, 0) is 19.0 Å². The van der Waals surface area contributed by atoms with Gasteiger partial charge in [0.2, 0.25) is 0 Å². The van der Waals surface area contributed by atoms with Crippen molar-refractivity contribution >= 4 is 12.1 Å². The molecule has 0 aromatic carbocycles. The SMILES string of the molecule is CCCCOC1CC[C@@H](C(=O)OC)N(C(=O)OC(C)(C)C)CC1. The number of esters is 1. The number of unbranched alkanes of at least 4 members (excludes halogenated alkanes) is 1. The van der Waals surface area contributed by atoms with Crippen LogP contribution in [0.5, 0.6) is 0 Å². The Bertz CT molecular complexity index is 391. The van der Waals surface area contributed by atoms with Crippen molar-refractivity contribution in [3.05, 3.63) is 0 Å². The van der Waals surface area contributed by atoms with Crippen molar-refractivity contribution in [3.63, 3.8) is 0 Å². The minimum Gasteiger partial charge on any atom is -0.467 e. The monoisotopic (exact) mass is 329 g/mol. The predicted octanol–water partition coefficient (Wildman–Crippen LogP) is 3.13. The molecule has 0 radical (unpaired) electrons. The highest BCUT2D eigenvalue weighted by Gasteiger charge is 2.36. The molecule has 1 aliphatic heterocycles. The van der Waals surface area contributed by atoms with E-state index in [9.17, 15) is 9.59 Å². The summed E-state index contributed by atoms with van der Waals surface area (Å²) in [6.07, 6.45) is 3.68. The number of carbonyl (C=O) groups is 2. The predicted molar refractivity (Wildman–Crippen MR) is 87.2 cm³/mol. The van der Waals surface area contributed by atoms with E-state index < -0.39 is 23.7 Å². The lowest BCUT2D eigenvalue weighted by atomic mass is 10.1. The molecule has 1 amide bonds. The summed E-state index contributed by atoms with van der Waals surface area (Å²) >= 11 is 0. The molecule has 6 heteroatoms. The number of hydrogen-bond acceptors (Lipinski definition) is 5. The molecular weight excluding hydrogens is 298 g/mol. The van der Waals surface area contributed by atoms with Crippen LogP contribution in [0.15, 0.2) is 0 Å². The second-order valence-corrected chi connectivity index (χ2v) is 6.93. The summed E-state index contributed by atoms with van der Waals surface area (Å²) in [7, 11) is 1.34. The van der Waals surface area contributed by atoms with Gasteiger partial charge in [0.25, 0.3) is 0 Å². The Labute approximate surface area is 139 Å². The fourth-order valence-corrected chi connectivity index (χ4v) is 2.56. The average molecular weight is 329 g/mol. The Kier molecular flexibility index (Phi) is 7.82. The first kappa shape index (κ1) is 19.7. The lowest BCUT2D eigenvalue weighted by molar-refractivity contribution is -0.146. The molecule has 1 saturated heterocycles. The smallest absolute Gasteiger partial charge is 0.411 e. The summed E-state index contributed by atoms with van der Waals surface area (Å²) in [4.78, 5) is 26.0. The Balaban J connectivity index is 2.75. The van der Waals surface area contributed by atoms with Crippen molar-refractivity contribution in [1.82, 2.24) is 4.90 Å². The van der Waals surface area contributed by atoms with Crippen LogP contribution in [0, 0.1) is 0 Å². The summed E-state index contributed by atoms with van der Waals surface area (Å²) < 4.78 is 16.2. The number of likely N-dealkylation sites (tertiary alicyclic amines) is 1. The van der Waals surface area contributed by atoms with Gasteiger partial charge in [-0.15, -0.1) is 0 Å². The average Bonchev–Trinajstić information content (AvgIpc) is 2.68. The van der Waals surface area contributed by atoms with Gasteiger partial charge in [0.05, 0.1) is 13.2 Å². The van der Waals surface area contributed by atoms with Crippen molar-refractivity contribution in [1.29, 1.82) is 0 Å². The molecule has 6 nitrogen and oxygen atoms in total. The molecule has 0 aromatic rings. The molecular formula is C17H31NO5. The number of hydrogen-bond donors (Lipinski definition) is 0. The summed E-state index contributed by atoms with van der Waals surface area (Å²) in [6, 6.07) is -0.602. The number of rotatable bonds is 5. The maximum atomic E-state index is 12.4. The topological polar surface area (TPSA) is 65.1 Å². The van der Waals surface area contributed by atoms with Gasteiger partial charge in [-0.2, -0.15) is 0 Å². The summed E-state index contributed by atoms with van der Waals surface area (Å²) in [5.74, 6) is -0.398. The van der Waals surface area contributed by atoms with Crippen molar-refractivity contribution < 1.29 is 23.8 Å². The summed E-state index contributed by atoms with van der Waals surface area (Å²) in [5, 5.41) is 0. The Morgan fingerprint density at radius 3 is 2.43 bits per heavy atom. The van der Waals surface area contributed by atoms with Gasteiger partial charge >= 0.3 is 12.1 Å². The zero-order valence-electron chi connectivity index (χ0n) is 15.1. The fourth-order valence-electron chi connectivity index (χ4n) is 2.56. The van der Waals surface area contributed by atoms with Crippen molar-refractivity contribution in [2.24, 2.45) is 0 Å². The van der Waals surface area contributed by atoms with Crippen LogP contribution in [0.25, 0.3) is 0 Å². The molecule has 0 bridgehead atoms. The van der Waals surface area contributed by atoms with Crippen molar-refractivity contribution in [2.45, 2.75) is 77.5 Å². The molecule has 1 fully saturated rings. The highest BCUT2D eigenvalue weighted by Crippen LogP contribution is 2.23. The normalized spacial score (nSPS) is 22.4. The van der Waals surface area contributed by atoms with Gasteiger partial charge in [0.15, 0.2) is 0 Å². The molecule has 0 aromatic heterocycles. The van der Waals surface area contributed by atoms with Gasteiger partial charge in [-0.1, -0.05) is 13.3 Å². The van der Waals surface area contributed by atoms with Crippen LogP contribution in [-0.4, -0.2) is 55.0 Å². The van der Waals surface area contributed by atoms with Crippen LogP contribution in [0.1, 0.15) is 59.8 Å². The maximum Gasteiger partial charge on any atom is 0.411 e. The summed E-state index contributed by atoms with van der Waals surface area (Å²) in [5.41, 5.74) is -0.596. The van der Waals surface area contributed by atoms with Gasteiger partial charge in [0, 0.05) is 13.2 Å². The van der Waals surface area contributed by atoms with Crippen LogP contribution >= 0.6 is 0 Å². The second kappa shape index (κ2) is 9.11. The second-order valence-electron chi connectivity index (χ2n) is 6.93. The third-order valence-electron chi connectivity index (χ3n) is 3.78. The highest BCUT2D eigenvalue weighted by molar-refractivity contribution is 5.81. The van der Waals surface area contributed by atoms with Gasteiger partial charge < -0.3 is 14.2 Å². The molecule has 0 saturated carbocycles. The molecule has 2 atom stereocenters. The first-order valence-electron chi connectivity index (χ1n) is 8.47. The molecule has 134 valence electrons. The van der Waals surface area contributed by atoms with E-state index in [1.54, 1.807) is 0 Å². The van der Waals surface area contributed by atoms with E-state index in [1.165, 1.54) is 12.0 Å². The zero-order valence-corrected chi connectivity index (χ0v) is 15.1. The van der Waals surface area contributed by atoms with Gasteiger partial charge in [-0.25, -0.2) is 9.59 Å². The van der Waals surface area contributed by atoms with Gasteiger partial charge in [-0.05, 0) is 46.5 Å².